The van der Waals surface area contributed by atoms with Gasteiger partial charge in [0.15, 0.2) is 0 Å². The van der Waals surface area contributed by atoms with Crippen LogP contribution in [0.25, 0.3) is 0 Å². The topological polar surface area (TPSA) is 72.8 Å². The van der Waals surface area contributed by atoms with Crippen molar-refractivity contribution >= 4 is 11.9 Å². The van der Waals surface area contributed by atoms with E-state index in [0.29, 0.717) is 6.61 Å². The average Bonchev–Trinajstić information content (AvgIpc) is 2.89. The lowest BCUT2D eigenvalue weighted by Gasteiger charge is -2.11. The molecule has 0 aromatic heterocycles. The van der Waals surface area contributed by atoms with Crippen LogP contribution in [0.15, 0.2) is 24.3 Å². The van der Waals surface area contributed by atoms with Crippen LogP contribution in [0.4, 0.5) is 0 Å². The lowest BCUT2D eigenvalue weighted by molar-refractivity contribution is 0.0159. The second-order valence-electron chi connectivity index (χ2n) is 4.08. The van der Waals surface area contributed by atoms with Gasteiger partial charge >= 0.3 is 11.9 Å². The van der Waals surface area contributed by atoms with Gasteiger partial charge in [-0.05, 0) is 25.0 Å². The van der Waals surface area contributed by atoms with Crippen LogP contribution in [-0.4, -0.2) is 36.4 Å². The van der Waals surface area contributed by atoms with Gasteiger partial charge in [-0.25, -0.2) is 9.59 Å². The number of aromatic carboxylic acids is 1. The Balaban J connectivity index is 2.01. The third kappa shape index (κ3) is 2.87. The van der Waals surface area contributed by atoms with E-state index in [1.807, 2.05) is 0 Å². The molecule has 1 N–H and O–H groups in total. The van der Waals surface area contributed by atoms with Crippen LogP contribution in [0.1, 0.15) is 33.6 Å². The van der Waals surface area contributed by atoms with Crippen LogP contribution in [-0.2, 0) is 9.47 Å². The number of hydrogen-bond acceptors (Lipinski definition) is 4. The zero-order valence-electron chi connectivity index (χ0n) is 9.80. The van der Waals surface area contributed by atoms with Crippen molar-refractivity contribution < 1.29 is 24.2 Å². The van der Waals surface area contributed by atoms with Crippen LogP contribution >= 0.6 is 0 Å². The summed E-state index contributed by atoms with van der Waals surface area (Å²) < 4.78 is 10.4. The summed E-state index contributed by atoms with van der Waals surface area (Å²) in [6.07, 6.45) is 1.77. The lowest BCUT2D eigenvalue weighted by Crippen LogP contribution is -2.19. The number of carbonyl (C=O) groups excluding carboxylic acids is 1. The van der Waals surface area contributed by atoms with E-state index < -0.39 is 11.9 Å². The van der Waals surface area contributed by atoms with Gasteiger partial charge in [0.2, 0.25) is 0 Å². The minimum Gasteiger partial charge on any atom is -0.478 e. The highest BCUT2D eigenvalue weighted by molar-refractivity contribution is 6.02. The monoisotopic (exact) mass is 250 g/mol. The van der Waals surface area contributed by atoms with Crippen molar-refractivity contribution in [2.24, 2.45) is 0 Å². The van der Waals surface area contributed by atoms with Gasteiger partial charge in [-0.2, -0.15) is 0 Å². The van der Waals surface area contributed by atoms with E-state index >= 15 is 0 Å². The molecule has 5 heteroatoms. The van der Waals surface area contributed by atoms with Crippen molar-refractivity contribution in [2.45, 2.75) is 18.9 Å². The summed E-state index contributed by atoms with van der Waals surface area (Å²) >= 11 is 0. The average molecular weight is 250 g/mol. The molecule has 1 saturated heterocycles. The molecule has 0 aliphatic carbocycles. The minimum atomic E-state index is -1.14. The number of hydrogen-bond donors (Lipinski definition) is 1. The van der Waals surface area contributed by atoms with Gasteiger partial charge in [0.25, 0.3) is 0 Å². The van der Waals surface area contributed by atoms with Crippen LogP contribution in [0.5, 0.6) is 0 Å². The number of carbonyl (C=O) groups is 2. The number of carboxylic acid groups (broad SMARTS) is 1. The Kier molecular flexibility index (Phi) is 3.94. The van der Waals surface area contributed by atoms with Gasteiger partial charge in [0.1, 0.15) is 6.61 Å². The van der Waals surface area contributed by atoms with Gasteiger partial charge < -0.3 is 14.6 Å². The van der Waals surface area contributed by atoms with E-state index in [0.717, 1.165) is 12.8 Å². The van der Waals surface area contributed by atoms with E-state index in [1.165, 1.54) is 12.1 Å². The highest BCUT2D eigenvalue weighted by Gasteiger charge is 2.20. The quantitative estimate of drug-likeness (QED) is 0.824. The van der Waals surface area contributed by atoms with Crippen molar-refractivity contribution in [3.63, 3.8) is 0 Å². The van der Waals surface area contributed by atoms with E-state index in [9.17, 15) is 9.59 Å². The summed E-state index contributed by atoms with van der Waals surface area (Å²) in [4.78, 5) is 22.7. The molecule has 1 atom stereocenters. The molecule has 0 saturated carbocycles. The number of benzene rings is 1. The predicted octanol–water partition coefficient (Wildman–Crippen LogP) is 1.72. The largest absolute Gasteiger partial charge is 0.478 e. The second kappa shape index (κ2) is 5.64. The molecule has 2 rings (SSSR count). The summed E-state index contributed by atoms with van der Waals surface area (Å²) in [6.45, 7) is 0.862. The van der Waals surface area contributed by atoms with Crippen molar-refractivity contribution in [3.05, 3.63) is 35.4 Å². The number of carboxylic acids is 1. The van der Waals surface area contributed by atoms with Crippen molar-refractivity contribution in [1.82, 2.24) is 0 Å². The lowest BCUT2D eigenvalue weighted by atomic mass is 10.1. The zero-order chi connectivity index (χ0) is 13.0. The molecule has 1 fully saturated rings. The van der Waals surface area contributed by atoms with Gasteiger partial charge in [-0.3, -0.25) is 0 Å². The van der Waals surface area contributed by atoms with E-state index in [4.69, 9.17) is 14.6 Å². The summed E-state index contributed by atoms with van der Waals surface area (Å²) in [7, 11) is 0. The molecule has 1 unspecified atom stereocenters. The molecular formula is C13H14O5. The van der Waals surface area contributed by atoms with Crippen LogP contribution in [0.3, 0.4) is 0 Å². The molecule has 1 aliphatic heterocycles. The first kappa shape index (κ1) is 12.6. The number of rotatable bonds is 4. The SMILES string of the molecule is O=C(O)c1ccccc1C(=O)OCC1CCCO1. The summed E-state index contributed by atoms with van der Waals surface area (Å²) in [6, 6.07) is 6.00. The maximum atomic E-state index is 11.8. The Labute approximate surface area is 104 Å². The van der Waals surface area contributed by atoms with Gasteiger partial charge in [0.05, 0.1) is 17.2 Å². The Morgan fingerprint density at radius 2 is 2.06 bits per heavy atom. The molecule has 0 radical (unpaired) electrons. The highest BCUT2D eigenvalue weighted by atomic mass is 16.6. The molecule has 0 bridgehead atoms. The Bertz CT molecular complexity index is 448. The summed E-state index contributed by atoms with van der Waals surface area (Å²) in [5.74, 6) is -1.76. The minimum absolute atomic E-state index is 0.0464. The standard InChI is InChI=1S/C13H14O5/c14-12(15)10-5-1-2-6-11(10)13(16)18-8-9-4-3-7-17-9/h1-2,5-6,9H,3-4,7-8H2,(H,14,15). The van der Waals surface area contributed by atoms with Crippen molar-refractivity contribution in [2.75, 3.05) is 13.2 Å². The third-order valence-electron chi connectivity index (χ3n) is 2.80. The second-order valence-corrected chi connectivity index (χ2v) is 4.08. The first-order chi connectivity index (χ1) is 8.68. The molecule has 1 heterocycles. The first-order valence-corrected chi connectivity index (χ1v) is 5.79. The highest BCUT2D eigenvalue weighted by Crippen LogP contribution is 2.14. The molecule has 18 heavy (non-hydrogen) atoms. The van der Waals surface area contributed by atoms with E-state index in [1.54, 1.807) is 12.1 Å². The molecule has 0 amide bonds. The number of esters is 1. The first-order valence-electron chi connectivity index (χ1n) is 5.79. The molecule has 1 aromatic carbocycles. The van der Waals surface area contributed by atoms with Gasteiger partial charge in [-0.15, -0.1) is 0 Å². The van der Waals surface area contributed by atoms with Crippen molar-refractivity contribution in [3.8, 4) is 0 Å². The number of ether oxygens (including phenoxy) is 2. The summed E-state index contributed by atoms with van der Waals surface area (Å²) in [5.41, 5.74) is 0.0258. The third-order valence-corrected chi connectivity index (χ3v) is 2.80. The smallest absolute Gasteiger partial charge is 0.339 e. The van der Waals surface area contributed by atoms with Gasteiger partial charge in [0, 0.05) is 6.61 Å². The maximum Gasteiger partial charge on any atom is 0.339 e. The van der Waals surface area contributed by atoms with Crippen LogP contribution < -0.4 is 0 Å². The molecular weight excluding hydrogens is 236 g/mol. The molecule has 5 nitrogen and oxygen atoms in total. The van der Waals surface area contributed by atoms with E-state index in [2.05, 4.69) is 0 Å². The predicted molar refractivity (Wildman–Crippen MR) is 62.7 cm³/mol. The molecule has 96 valence electrons. The normalized spacial score (nSPS) is 18.6. The molecule has 1 aliphatic rings. The maximum absolute atomic E-state index is 11.8. The van der Waals surface area contributed by atoms with Crippen LogP contribution in [0, 0.1) is 0 Å². The fourth-order valence-electron chi connectivity index (χ4n) is 1.87. The Morgan fingerprint density at radius 1 is 1.33 bits per heavy atom. The Morgan fingerprint density at radius 3 is 2.67 bits per heavy atom. The zero-order valence-corrected chi connectivity index (χ0v) is 9.80. The fourth-order valence-corrected chi connectivity index (χ4v) is 1.87. The van der Waals surface area contributed by atoms with Crippen molar-refractivity contribution in [1.29, 1.82) is 0 Å². The molecule has 1 aromatic rings. The van der Waals surface area contributed by atoms with E-state index in [-0.39, 0.29) is 23.8 Å². The Hall–Kier alpha value is -1.88. The van der Waals surface area contributed by atoms with Gasteiger partial charge in [-0.1, -0.05) is 12.1 Å². The molecule has 0 spiro atoms. The van der Waals surface area contributed by atoms with Crippen LogP contribution in [0.2, 0.25) is 0 Å². The summed E-state index contributed by atoms with van der Waals surface area (Å²) in [5, 5.41) is 8.96. The fraction of sp³-hybridized carbons (Fsp3) is 0.385.